The molecule has 2 aliphatic heterocycles. The Bertz CT molecular complexity index is 726. The number of rotatable bonds is 1. The first-order chi connectivity index (χ1) is 12.3. The van der Waals surface area contributed by atoms with Crippen LogP contribution in [0.25, 0.3) is 0 Å². The Labute approximate surface area is 153 Å². The highest BCUT2D eigenvalue weighted by Crippen LogP contribution is 2.28. The van der Waals surface area contributed by atoms with Gasteiger partial charge in [0.1, 0.15) is 17.5 Å². The fraction of sp³-hybridized carbons (Fsp3) is 0.579. The third-order valence-corrected chi connectivity index (χ3v) is 4.63. The molecular weight excluding hydrogens is 337 g/mol. The maximum atomic E-state index is 13.9. The molecule has 0 spiro atoms. The lowest BCUT2D eigenvalue weighted by Crippen LogP contribution is -2.60. The van der Waals surface area contributed by atoms with Crippen molar-refractivity contribution in [2.75, 3.05) is 32.8 Å². The van der Waals surface area contributed by atoms with Crippen LogP contribution in [0, 0.1) is 17.1 Å². The van der Waals surface area contributed by atoms with Crippen LogP contribution < -0.4 is 0 Å². The zero-order valence-electron chi connectivity index (χ0n) is 15.4. The largest absolute Gasteiger partial charge is 0.444 e. The van der Waals surface area contributed by atoms with Gasteiger partial charge in [-0.1, -0.05) is 6.07 Å². The number of amides is 1. The van der Waals surface area contributed by atoms with Crippen molar-refractivity contribution in [1.29, 1.82) is 5.26 Å². The van der Waals surface area contributed by atoms with Crippen LogP contribution in [-0.2, 0) is 9.47 Å². The molecule has 0 aliphatic carbocycles. The summed E-state index contributed by atoms with van der Waals surface area (Å²) in [5.74, 6) is -0.523. The van der Waals surface area contributed by atoms with E-state index in [9.17, 15) is 9.18 Å². The average molecular weight is 361 g/mol. The van der Waals surface area contributed by atoms with Gasteiger partial charge >= 0.3 is 6.09 Å². The molecule has 2 atom stereocenters. The maximum Gasteiger partial charge on any atom is 0.410 e. The Hall–Kier alpha value is -2.17. The van der Waals surface area contributed by atoms with Gasteiger partial charge in [-0.05, 0) is 38.5 Å². The van der Waals surface area contributed by atoms with E-state index in [2.05, 4.69) is 4.90 Å². The summed E-state index contributed by atoms with van der Waals surface area (Å²) in [4.78, 5) is 16.2. The molecule has 1 aromatic carbocycles. The van der Waals surface area contributed by atoms with E-state index >= 15 is 0 Å². The van der Waals surface area contributed by atoms with Crippen LogP contribution >= 0.6 is 0 Å². The van der Waals surface area contributed by atoms with Gasteiger partial charge in [0.25, 0.3) is 0 Å². The van der Waals surface area contributed by atoms with Gasteiger partial charge in [-0.3, -0.25) is 4.90 Å². The standard InChI is InChI=1S/C19H24FN3O3/c1-19(2,3)26-18(24)23-7-6-22-11-17(25-12-15(22)10-23)13-4-5-14(9-21)16(20)8-13/h4-5,8,15,17H,6-7,10-12H2,1-3H3/t15-,17-/m1/s1. The molecule has 0 N–H and O–H groups in total. The summed E-state index contributed by atoms with van der Waals surface area (Å²) in [6.45, 7) is 8.54. The van der Waals surface area contributed by atoms with Gasteiger partial charge in [0.05, 0.1) is 24.3 Å². The van der Waals surface area contributed by atoms with Gasteiger partial charge in [-0.25, -0.2) is 9.18 Å². The monoisotopic (exact) mass is 361 g/mol. The highest BCUT2D eigenvalue weighted by Gasteiger charge is 2.36. The van der Waals surface area contributed by atoms with Crippen LogP contribution in [0.5, 0.6) is 0 Å². The summed E-state index contributed by atoms with van der Waals surface area (Å²) in [5.41, 5.74) is 0.255. The quantitative estimate of drug-likeness (QED) is 0.769. The van der Waals surface area contributed by atoms with Gasteiger partial charge in [-0.15, -0.1) is 0 Å². The predicted octanol–water partition coefficient (Wildman–Crippen LogP) is 2.69. The number of halogens is 1. The first-order valence-electron chi connectivity index (χ1n) is 8.80. The number of nitriles is 1. The minimum Gasteiger partial charge on any atom is -0.444 e. The third kappa shape index (κ3) is 4.14. The van der Waals surface area contributed by atoms with Crippen LogP contribution in [-0.4, -0.2) is 60.3 Å². The van der Waals surface area contributed by atoms with Crippen molar-refractivity contribution in [3.8, 4) is 6.07 Å². The van der Waals surface area contributed by atoms with Crippen molar-refractivity contribution < 1.29 is 18.7 Å². The molecule has 3 rings (SSSR count). The minimum atomic E-state index is -0.523. The van der Waals surface area contributed by atoms with Crippen LogP contribution in [0.2, 0.25) is 0 Å². The van der Waals surface area contributed by atoms with Crippen molar-refractivity contribution in [1.82, 2.24) is 9.80 Å². The van der Waals surface area contributed by atoms with Gasteiger partial charge in [-0.2, -0.15) is 5.26 Å². The van der Waals surface area contributed by atoms with E-state index < -0.39 is 11.4 Å². The van der Waals surface area contributed by atoms with E-state index in [1.165, 1.54) is 12.1 Å². The first kappa shape index (κ1) is 18.6. The second kappa shape index (κ2) is 7.22. The number of carbonyl (C=O) groups excluding carboxylic acids is 1. The molecule has 2 heterocycles. The zero-order valence-corrected chi connectivity index (χ0v) is 15.4. The maximum absolute atomic E-state index is 13.9. The Morgan fingerprint density at radius 3 is 2.77 bits per heavy atom. The highest BCUT2D eigenvalue weighted by molar-refractivity contribution is 5.68. The number of morpholine rings is 1. The van der Waals surface area contributed by atoms with E-state index in [1.54, 1.807) is 11.0 Å². The topological polar surface area (TPSA) is 65.8 Å². The average Bonchev–Trinajstić information content (AvgIpc) is 2.59. The minimum absolute atomic E-state index is 0.0356. The fourth-order valence-corrected chi connectivity index (χ4v) is 3.30. The summed E-state index contributed by atoms with van der Waals surface area (Å²) < 4.78 is 25.2. The van der Waals surface area contributed by atoms with Crippen molar-refractivity contribution in [2.24, 2.45) is 0 Å². The van der Waals surface area contributed by atoms with Gasteiger partial charge < -0.3 is 14.4 Å². The lowest BCUT2D eigenvalue weighted by atomic mass is 10.0. The molecule has 0 bridgehead atoms. The molecule has 0 aromatic heterocycles. The molecule has 0 unspecified atom stereocenters. The van der Waals surface area contributed by atoms with E-state index in [0.717, 1.165) is 12.1 Å². The van der Waals surface area contributed by atoms with E-state index in [4.69, 9.17) is 14.7 Å². The summed E-state index contributed by atoms with van der Waals surface area (Å²) in [6, 6.07) is 6.54. The molecule has 2 saturated heterocycles. The summed E-state index contributed by atoms with van der Waals surface area (Å²) in [5, 5.41) is 8.84. The number of piperazine rings is 1. The smallest absolute Gasteiger partial charge is 0.410 e. The molecule has 0 saturated carbocycles. The van der Waals surface area contributed by atoms with E-state index in [1.807, 2.05) is 26.8 Å². The van der Waals surface area contributed by atoms with Crippen molar-refractivity contribution in [2.45, 2.75) is 38.5 Å². The lowest BCUT2D eigenvalue weighted by Gasteiger charge is -2.46. The third-order valence-electron chi connectivity index (χ3n) is 4.63. The number of benzene rings is 1. The van der Waals surface area contributed by atoms with Crippen LogP contribution in [0.3, 0.4) is 0 Å². The number of hydrogen-bond donors (Lipinski definition) is 0. The molecule has 140 valence electrons. The highest BCUT2D eigenvalue weighted by atomic mass is 19.1. The second-order valence-corrected chi connectivity index (χ2v) is 7.75. The molecule has 2 aliphatic rings. The Balaban J connectivity index is 1.61. The molecule has 2 fully saturated rings. The number of carbonyl (C=O) groups is 1. The number of ether oxygens (including phenoxy) is 2. The van der Waals surface area contributed by atoms with Crippen molar-refractivity contribution >= 4 is 6.09 Å². The molecule has 7 heteroatoms. The fourth-order valence-electron chi connectivity index (χ4n) is 3.30. The number of nitrogens with zero attached hydrogens (tertiary/aromatic N) is 3. The molecule has 1 amide bonds. The number of hydrogen-bond acceptors (Lipinski definition) is 5. The summed E-state index contributed by atoms with van der Waals surface area (Å²) in [6.07, 6.45) is -0.532. The summed E-state index contributed by atoms with van der Waals surface area (Å²) >= 11 is 0. The molecule has 1 aromatic rings. The Kier molecular flexibility index (Phi) is 5.17. The van der Waals surface area contributed by atoms with Crippen LogP contribution in [0.15, 0.2) is 18.2 Å². The van der Waals surface area contributed by atoms with Gasteiger partial charge in [0.15, 0.2) is 0 Å². The van der Waals surface area contributed by atoms with E-state index in [-0.39, 0.29) is 23.8 Å². The van der Waals surface area contributed by atoms with Crippen LogP contribution in [0.1, 0.15) is 38.0 Å². The van der Waals surface area contributed by atoms with Crippen LogP contribution in [0.4, 0.5) is 9.18 Å². The second-order valence-electron chi connectivity index (χ2n) is 7.75. The Morgan fingerprint density at radius 2 is 2.12 bits per heavy atom. The molecule has 6 nitrogen and oxygen atoms in total. The molecule has 26 heavy (non-hydrogen) atoms. The SMILES string of the molecule is CC(C)(C)OC(=O)N1CCN2C[C@H](c3ccc(C#N)c(F)c3)OC[C@H]2C1. The van der Waals surface area contributed by atoms with Crippen molar-refractivity contribution in [3.05, 3.63) is 35.1 Å². The summed E-state index contributed by atoms with van der Waals surface area (Å²) in [7, 11) is 0. The van der Waals surface area contributed by atoms with Gasteiger partial charge in [0, 0.05) is 26.2 Å². The normalized spacial score (nSPS) is 23.9. The predicted molar refractivity (Wildman–Crippen MR) is 93.0 cm³/mol. The molecule has 0 radical (unpaired) electrons. The molecular formula is C19H24FN3O3. The number of fused-ring (bicyclic) bond motifs is 1. The van der Waals surface area contributed by atoms with E-state index in [0.29, 0.717) is 26.2 Å². The zero-order chi connectivity index (χ0) is 18.9. The van der Waals surface area contributed by atoms with Crippen molar-refractivity contribution in [3.63, 3.8) is 0 Å². The van der Waals surface area contributed by atoms with Gasteiger partial charge in [0.2, 0.25) is 0 Å². The first-order valence-corrected chi connectivity index (χ1v) is 8.80. The Morgan fingerprint density at radius 1 is 1.35 bits per heavy atom. The lowest BCUT2D eigenvalue weighted by molar-refractivity contribution is -0.0907.